The van der Waals surface area contributed by atoms with Crippen LogP contribution < -0.4 is 5.32 Å². The molecule has 34 heavy (non-hydrogen) atoms. The number of piperidine rings is 1. The fourth-order valence-corrected chi connectivity index (χ4v) is 6.27. The molecular formula is C26H31N5O2S. The second-order valence-corrected chi connectivity index (χ2v) is 10.9. The number of likely N-dealkylation sites (N-methyl/N-ethyl adjacent to an activating group) is 1. The van der Waals surface area contributed by atoms with Gasteiger partial charge in [0.2, 0.25) is 0 Å². The van der Waals surface area contributed by atoms with Gasteiger partial charge in [0, 0.05) is 19.3 Å². The number of likely N-dealkylation sites (tertiary alicyclic amines) is 1. The zero-order chi connectivity index (χ0) is 23.7. The number of aromatic nitrogens is 3. The van der Waals surface area contributed by atoms with Crippen molar-refractivity contribution in [2.45, 2.75) is 30.6 Å². The largest absolute Gasteiger partial charge is 0.337 e. The molecule has 0 spiro atoms. The van der Waals surface area contributed by atoms with Gasteiger partial charge in [-0.25, -0.2) is 17.4 Å². The molecule has 2 N–H and O–H groups in total. The zero-order valence-corrected chi connectivity index (χ0v) is 20.5. The lowest BCUT2D eigenvalue weighted by atomic mass is 9.88. The van der Waals surface area contributed by atoms with Gasteiger partial charge in [-0.15, -0.1) is 0 Å². The molecule has 1 aliphatic rings. The molecule has 178 valence electrons. The van der Waals surface area contributed by atoms with E-state index in [4.69, 9.17) is 4.98 Å². The van der Waals surface area contributed by atoms with Crippen LogP contribution in [-0.4, -0.2) is 60.5 Å². The number of H-pyrrole nitrogens is 1. The molecule has 0 saturated carbocycles. The lowest BCUT2D eigenvalue weighted by Gasteiger charge is -2.32. The number of nitrogens with one attached hydrogen (secondary N) is 2. The van der Waals surface area contributed by atoms with Gasteiger partial charge in [0.1, 0.15) is 0 Å². The molecule has 1 aliphatic heterocycles. The van der Waals surface area contributed by atoms with E-state index in [1.807, 2.05) is 7.05 Å². The van der Waals surface area contributed by atoms with Gasteiger partial charge in [0.05, 0.1) is 21.6 Å². The van der Waals surface area contributed by atoms with Crippen LogP contribution in [0, 0.1) is 6.92 Å². The highest BCUT2D eigenvalue weighted by Gasteiger charge is 2.24. The normalized spacial score (nSPS) is 15.8. The Kier molecular flexibility index (Phi) is 6.29. The van der Waals surface area contributed by atoms with Crippen LogP contribution in [0.25, 0.3) is 22.6 Å². The number of nitrogens with zero attached hydrogens (tertiary/aromatic N) is 3. The van der Waals surface area contributed by atoms with Crippen molar-refractivity contribution in [3.8, 4) is 11.5 Å². The number of hydrogen-bond acceptors (Lipinski definition) is 5. The van der Waals surface area contributed by atoms with E-state index in [-0.39, 0.29) is 4.90 Å². The molecular weight excluding hydrogens is 446 g/mol. The Bertz CT molecular complexity index is 1380. The van der Waals surface area contributed by atoms with Gasteiger partial charge in [0.25, 0.3) is 10.0 Å². The van der Waals surface area contributed by atoms with Gasteiger partial charge in [-0.05, 0) is 87.3 Å². The van der Waals surface area contributed by atoms with Crippen molar-refractivity contribution >= 4 is 21.1 Å². The molecule has 4 aromatic rings. The van der Waals surface area contributed by atoms with Crippen molar-refractivity contribution in [2.24, 2.45) is 0 Å². The number of hydrogen-bond donors (Lipinski definition) is 2. The first-order chi connectivity index (χ1) is 16.5. The number of aromatic amines is 1. The molecule has 7 nitrogen and oxygen atoms in total. The number of fused-ring (bicyclic) bond motifs is 1. The maximum Gasteiger partial charge on any atom is 0.268 e. The lowest BCUT2D eigenvalue weighted by molar-refractivity contribution is 0.214. The van der Waals surface area contributed by atoms with Gasteiger partial charge < -0.3 is 15.2 Å². The third kappa shape index (κ3) is 4.29. The number of imidazole rings is 1. The van der Waals surface area contributed by atoms with Crippen LogP contribution in [0.4, 0.5) is 0 Å². The maximum atomic E-state index is 13.2. The van der Waals surface area contributed by atoms with E-state index in [0.29, 0.717) is 17.4 Å². The molecule has 0 atom stereocenters. The maximum absolute atomic E-state index is 13.2. The molecule has 2 aromatic carbocycles. The molecule has 3 heterocycles. The zero-order valence-electron chi connectivity index (χ0n) is 19.7. The molecule has 1 saturated heterocycles. The molecule has 0 bridgehead atoms. The fourth-order valence-electron chi connectivity index (χ4n) is 4.90. The van der Waals surface area contributed by atoms with Crippen LogP contribution in [0.3, 0.4) is 0 Å². The van der Waals surface area contributed by atoms with E-state index < -0.39 is 10.0 Å². The van der Waals surface area contributed by atoms with Crippen LogP contribution in [0.5, 0.6) is 0 Å². The molecule has 8 heteroatoms. The average molecular weight is 478 g/mol. The molecule has 0 radical (unpaired) electrons. The topological polar surface area (TPSA) is 83.0 Å². The van der Waals surface area contributed by atoms with Crippen molar-refractivity contribution in [3.05, 3.63) is 71.9 Å². The summed E-state index contributed by atoms with van der Waals surface area (Å²) >= 11 is 0. The minimum Gasteiger partial charge on any atom is -0.337 e. The second-order valence-electron chi connectivity index (χ2n) is 9.05. The summed E-state index contributed by atoms with van der Waals surface area (Å²) in [6.45, 7) is 6.42. The minimum atomic E-state index is -3.71. The molecule has 0 unspecified atom stereocenters. The summed E-state index contributed by atoms with van der Waals surface area (Å²) in [7, 11) is -1.71. The van der Waals surface area contributed by atoms with Crippen LogP contribution >= 0.6 is 0 Å². The predicted molar refractivity (Wildman–Crippen MR) is 136 cm³/mol. The number of benzene rings is 2. The van der Waals surface area contributed by atoms with Crippen LogP contribution in [-0.2, 0) is 10.0 Å². The van der Waals surface area contributed by atoms with E-state index in [2.05, 4.69) is 34.3 Å². The average Bonchev–Trinajstić information content (AvgIpc) is 3.51. The summed E-state index contributed by atoms with van der Waals surface area (Å²) in [5, 5.41) is 3.23. The first-order valence-corrected chi connectivity index (χ1v) is 13.3. The smallest absolute Gasteiger partial charge is 0.268 e. The summed E-state index contributed by atoms with van der Waals surface area (Å²) in [5.41, 5.74) is 4.80. The van der Waals surface area contributed by atoms with E-state index in [0.717, 1.165) is 55.6 Å². The van der Waals surface area contributed by atoms with E-state index in [1.165, 1.54) is 9.54 Å². The summed E-state index contributed by atoms with van der Waals surface area (Å²) < 4.78 is 27.8. The Morgan fingerprint density at radius 1 is 1.09 bits per heavy atom. The summed E-state index contributed by atoms with van der Waals surface area (Å²) in [5.74, 6) is 1.09. The molecule has 5 rings (SSSR count). The van der Waals surface area contributed by atoms with Crippen LogP contribution in [0.2, 0.25) is 0 Å². The van der Waals surface area contributed by atoms with E-state index in [9.17, 15) is 8.42 Å². The molecule has 2 aromatic heterocycles. The molecule has 1 fully saturated rings. The summed E-state index contributed by atoms with van der Waals surface area (Å²) in [6.07, 6.45) is 3.87. The van der Waals surface area contributed by atoms with Crippen molar-refractivity contribution in [1.29, 1.82) is 0 Å². The van der Waals surface area contributed by atoms with Gasteiger partial charge in [-0.1, -0.05) is 24.3 Å². The van der Waals surface area contributed by atoms with Gasteiger partial charge >= 0.3 is 0 Å². The summed E-state index contributed by atoms with van der Waals surface area (Å²) in [4.78, 5) is 11.0. The highest BCUT2D eigenvalue weighted by atomic mass is 32.2. The van der Waals surface area contributed by atoms with Gasteiger partial charge in [-0.2, -0.15) is 0 Å². The van der Waals surface area contributed by atoms with Gasteiger partial charge in [-0.3, -0.25) is 0 Å². The predicted octanol–water partition coefficient (Wildman–Crippen LogP) is 3.98. The van der Waals surface area contributed by atoms with Crippen molar-refractivity contribution in [2.75, 3.05) is 33.2 Å². The molecule has 0 aliphatic carbocycles. The quantitative estimate of drug-likeness (QED) is 0.421. The SMILES string of the molecule is CNCCN1CCC(c2cc(C)c3nc(-c4cccn4S(=O)(=O)c4ccccc4)[nH]c3c2)CC1. The standard InChI is InChI=1S/C26H31N5O2S/c1-19-17-21(20-10-14-30(15-11-20)16-12-27-2)18-23-25(19)29-26(28-23)24-9-6-13-31(24)34(32,33)22-7-4-3-5-8-22/h3-9,13,17-18,20,27H,10-12,14-16H2,1-2H3,(H,28,29). The second kappa shape index (κ2) is 9.37. The number of aryl methyl sites for hydroxylation is 1. The van der Waals surface area contributed by atoms with E-state index >= 15 is 0 Å². The Hall–Kier alpha value is -2.94. The van der Waals surface area contributed by atoms with Crippen LogP contribution in [0.1, 0.15) is 29.9 Å². The highest BCUT2D eigenvalue weighted by Crippen LogP contribution is 2.33. The number of rotatable bonds is 7. The highest BCUT2D eigenvalue weighted by molar-refractivity contribution is 7.90. The lowest BCUT2D eigenvalue weighted by Crippen LogP contribution is -2.37. The van der Waals surface area contributed by atoms with Crippen molar-refractivity contribution in [3.63, 3.8) is 0 Å². The Labute approximate surface area is 200 Å². The minimum absolute atomic E-state index is 0.253. The van der Waals surface area contributed by atoms with Crippen molar-refractivity contribution in [1.82, 2.24) is 24.2 Å². The first-order valence-electron chi connectivity index (χ1n) is 11.8. The third-order valence-electron chi connectivity index (χ3n) is 6.79. The van der Waals surface area contributed by atoms with Crippen LogP contribution in [0.15, 0.2) is 65.7 Å². The first kappa shape index (κ1) is 22.8. The Balaban J connectivity index is 1.45. The fraction of sp³-hybridized carbons (Fsp3) is 0.346. The monoisotopic (exact) mass is 477 g/mol. The molecule has 0 amide bonds. The summed E-state index contributed by atoms with van der Waals surface area (Å²) in [6, 6.07) is 16.5. The van der Waals surface area contributed by atoms with Crippen molar-refractivity contribution < 1.29 is 8.42 Å². The third-order valence-corrected chi connectivity index (χ3v) is 8.50. The van der Waals surface area contributed by atoms with E-state index in [1.54, 1.807) is 48.7 Å². The Morgan fingerprint density at radius 2 is 1.85 bits per heavy atom. The van der Waals surface area contributed by atoms with Gasteiger partial charge in [0.15, 0.2) is 5.82 Å². The Morgan fingerprint density at radius 3 is 2.59 bits per heavy atom.